The van der Waals surface area contributed by atoms with E-state index in [-0.39, 0.29) is 0 Å². The Morgan fingerprint density at radius 2 is 1.83 bits per heavy atom. The van der Waals surface area contributed by atoms with Crippen molar-refractivity contribution in [1.82, 2.24) is 10.2 Å². The second kappa shape index (κ2) is 9.71. The van der Waals surface area contributed by atoms with Gasteiger partial charge in [0.1, 0.15) is 16.4 Å². The topological polar surface area (TPSA) is 49.4 Å². The highest BCUT2D eigenvalue weighted by Gasteiger charge is 2.46. The van der Waals surface area contributed by atoms with Crippen molar-refractivity contribution in [3.05, 3.63) is 59.7 Å². The number of nitrogens with one attached hydrogen (secondary N) is 1. The monoisotopic (exact) mass is 438 g/mol. The Morgan fingerprint density at radius 3 is 2.37 bits per heavy atom. The molecule has 2 atom stereocenters. The van der Waals surface area contributed by atoms with Gasteiger partial charge >= 0.3 is 0 Å². The minimum Gasteiger partial charge on any atom is -0.314 e. The Hall–Kier alpha value is -1.57. The molecule has 30 heavy (non-hydrogen) atoms. The van der Waals surface area contributed by atoms with E-state index >= 15 is 0 Å². The van der Waals surface area contributed by atoms with Crippen molar-refractivity contribution in [1.29, 1.82) is 0 Å². The van der Waals surface area contributed by atoms with Gasteiger partial charge < -0.3 is 10.2 Å². The minimum atomic E-state index is -3.54. The van der Waals surface area contributed by atoms with Crippen molar-refractivity contribution in [2.75, 3.05) is 32.4 Å². The summed E-state index contributed by atoms with van der Waals surface area (Å²) in [7, 11) is -3.54. The zero-order valence-electron chi connectivity index (χ0n) is 17.8. The number of rotatable bonds is 8. The van der Waals surface area contributed by atoms with E-state index in [1.807, 2.05) is 12.2 Å². The Morgan fingerprint density at radius 1 is 1.17 bits per heavy atom. The first-order valence-electron chi connectivity index (χ1n) is 10.7. The maximum atomic E-state index is 14.0. The van der Waals surface area contributed by atoms with Gasteiger partial charge in [-0.15, -0.1) is 0 Å². The summed E-state index contributed by atoms with van der Waals surface area (Å²) >= 11 is 0. The van der Waals surface area contributed by atoms with Gasteiger partial charge in [0, 0.05) is 24.3 Å². The minimum absolute atomic E-state index is 0.299. The number of nitrogens with zero attached hydrogens (tertiary/aromatic N) is 1. The molecule has 1 N–H and O–H groups in total. The molecule has 1 aromatic rings. The van der Waals surface area contributed by atoms with Crippen molar-refractivity contribution in [2.45, 2.75) is 49.3 Å². The quantitative estimate of drug-likeness (QED) is 0.671. The van der Waals surface area contributed by atoms with E-state index in [1.54, 1.807) is 12.2 Å². The summed E-state index contributed by atoms with van der Waals surface area (Å²) in [6, 6.07) is 3.91. The number of halogens is 2. The second-order valence-corrected chi connectivity index (χ2v) is 10.7. The molecule has 1 fully saturated rings. The molecule has 1 saturated heterocycles. The summed E-state index contributed by atoms with van der Waals surface area (Å²) in [6.45, 7) is 5.62. The van der Waals surface area contributed by atoms with Crippen LogP contribution < -0.4 is 5.32 Å². The summed E-state index contributed by atoms with van der Waals surface area (Å²) in [4.78, 5) is 2.33. The van der Waals surface area contributed by atoms with Crippen LogP contribution in [0.4, 0.5) is 8.78 Å². The number of hydrogen-bond donors (Lipinski definition) is 1. The molecule has 1 heterocycles. The molecule has 0 radical (unpaired) electrons. The molecular formula is C23H32F2N2O2S. The number of piperidine rings is 1. The maximum Gasteiger partial charge on any atom is 0.157 e. The van der Waals surface area contributed by atoms with Crippen LogP contribution in [0.15, 0.2) is 42.5 Å². The molecule has 1 aromatic carbocycles. The van der Waals surface area contributed by atoms with Gasteiger partial charge in [0.2, 0.25) is 0 Å². The summed E-state index contributed by atoms with van der Waals surface area (Å²) in [5, 5.41) is 3.48. The SMILES string of the molecule is CCNC1CCN(CC[C@H](c2cc(F)cc(F)c2)C2(S(C)(=O)=O)C=CC=CC2)CC1. The lowest BCUT2D eigenvalue weighted by Gasteiger charge is -2.40. The van der Waals surface area contributed by atoms with Crippen LogP contribution in [-0.2, 0) is 9.84 Å². The lowest BCUT2D eigenvalue weighted by atomic mass is 9.79. The van der Waals surface area contributed by atoms with Gasteiger partial charge in [-0.3, -0.25) is 0 Å². The molecule has 0 amide bonds. The van der Waals surface area contributed by atoms with Crippen LogP contribution in [0.3, 0.4) is 0 Å². The molecule has 1 unspecified atom stereocenters. The fourth-order valence-electron chi connectivity index (χ4n) is 4.84. The van der Waals surface area contributed by atoms with E-state index in [2.05, 4.69) is 17.1 Å². The first-order valence-corrected chi connectivity index (χ1v) is 12.6. The predicted octanol–water partition coefficient (Wildman–Crippen LogP) is 3.81. The highest BCUT2D eigenvalue weighted by molar-refractivity contribution is 7.92. The molecule has 1 aliphatic heterocycles. The zero-order valence-corrected chi connectivity index (χ0v) is 18.6. The van der Waals surface area contributed by atoms with E-state index in [4.69, 9.17) is 0 Å². The largest absolute Gasteiger partial charge is 0.314 e. The van der Waals surface area contributed by atoms with Crippen molar-refractivity contribution in [3.8, 4) is 0 Å². The van der Waals surface area contributed by atoms with Gasteiger partial charge in [-0.25, -0.2) is 17.2 Å². The van der Waals surface area contributed by atoms with Crippen molar-refractivity contribution in [2.24, 2.45) is 0 Å². The summed E-state index contributed by atoms with van der Waals surface area (Å²) in [5.41, 5.74) is 0.403. The van der Waals surface area contributed by atoms with Gasteiger partial charge in [-0.05, 0) is 69.6 Å². The molecule has 3 rings (SSSR count). The molecule has 0 saturated carbocycles. The zero-order chi connectivity index (χ0) is 21.8. The van der Waals surface area contributed by atoms with E-state index in [9.17, 15) is 17.2 Å². The summed E-state index contributed by atoms with van der Waals surface area (Å²) in [6.07, 6.45) is 11.2. The number of benzene rings is 1. The van der Waals surface area contributed by atoms with E-state index in [1.165, 1.54) is 18.4 Å². The lowest BCUT2D eigenvalue weighted by molar-refractivity contribution is 0.190. The van der Waals surface area contributed by atoms with Crippen LogP contribution in [0.2, 0.25) is 0 Å². The maximum absolute atomic E-state index is 14.0. The second-order valence-electron chi connectivity index (χ2n) is 8.44. The van der Waals surface area contributed by atoms with Gasteiger partial charge in [-0.2, -0.15) is 0 Å². The molecule has 0 bridgehead atoms. The van der Waals surface area contributed by atoms with Crippen molar-refractivity contribution < 1.29 is 17.2 Å². The van der Waals surface area contributed by atoms with E-state index in [0.717, 1.165) is 38.5 Å². The Bertz CT molecular complexity index is 872. The Kier molecular flexibility index (Phi) is 7.47. The van der Waals surface area contributed by atoms with Crippen LogP contribution in [0.1, 0.15) is 44.1 Å². The van der Waals surface area contributed by atoms with Gasteiger partial charge in [0.05, 0.1) is 0 Å². The molecule has 0 aromatic heterocycles. The number of allylic oxidation sites excluding steroid dienone is 3. The molecule has 2 aliphatic rings. The summed E-state index contributed by atoms with van der Waals surface area (Å²) in [5.74, 6) is -1.90. The van der Waals surface area contributed by atoms with E-state index < -0.39 is 32.1 Å². The van der Waals surface area contributed by atoms with E-state index in [0.29, 0.717) is 31.0 Å². The molecule has 166 valence electrons. The number of likely N-dealkylation sites (tertiary alicyclic amines) is 1. The highest BCUT2D eigenvalue weighted by Crippen LogP contribution is 2.43. The first kappa shape index (κ1) is 23.1. The van der Waals surface area contributed by atoms with Crippen LogP contribution in [0.25, 0.3) is 0 Å². The lowest BCUT2D eigenvalue weighted by Crippen LogP contribution is -2.46. The van der Waals surface area contributed by atoms with Crippen LogP contribution >= 0.6 is 0 Å². The fourth-order valence-corrected chi connectivity index (χ4v) is 6.34. The normalized spacial score (nSPS) is 24.3. The highest BCUT2D eigenvalue weighted by atomic mass is 32.2. The first-order chi connectivity index (χ1) is 14.2. The van der Waals surface area contributed by atoms with Crippen LogP contribution in [0.5, 0.6) is 0 Å². The third-order valence-electron chi connectivity index (χ3n) is 6.44. The smallest absolute Gasteiger partial charge is 0.157 e. The van der Waals surface area contributed by atoms with Crippen LogP contribution in [-0.4, -0.2) is 56.5 Å². The van der Waals surface area contributed by atoms with Gasteiger partial charge in [0.15, 0.2) is 9.84 Å². The average molecular weight is 439 g/mol. The van der Waals surface area contributed by atoms with Gasteiger partial charge in [0.25, 0.3) is 0 Å². The number of sulfone groups is 1. The Balaban J connectivity index is 1.87. The standard InChI is InChI=1S/C23H32F2N2O2S/c1-3-26-21-7-12-27(13-8-21)14-9-22(18-15-19(24)17-20(25)16-18)23(30(2,28)29)10-5-4-6-11-23/h4-6,10,15-17,21-22,26H,3,7-9,11-14H2,1-2H3/t22-,23?/m1/s1. The van der Waals surface area contributed by atoms with Crippen molar-refractivity contribution in [3.63, 3.8) is 0 Å². The predicted molar refractivity (Wildman–Crippen MR) is 117 cm³/mol. The number of hydrogen-bond acceptors (Lipinski definition) is 4. The fraction of sp³-hybridized carbons (Fsp3) is 0.565. The molecular weight excluding hydrogens is 406 g/mol. The summed E-state index contributed by atoms with van der Waals surface area (Å²) < 4.78 is 52.8. The molecule has 7 heteroatoms. The molecule has 1 aliphatic carbocycles. The molecule has 0 spiro atoms. The van der Waals surface area contributed by atoms with Crippen molar-refractivity contribution >= 4 is 9.84 Å². The molecule has 4 nitrogen and oxygen atoms in total. The average Bonchev–Trinajstić information content (AvgIpc) is 2.69. The van der Waals surface area contributed by atoms with Gasteiger partial charge in [-0.1, -0.05) is 31.2 Å². The van der Waals surface area contributed by atoms with Crippen LogP contribution in [0, 0.1) is 11.6 Å². The third kappa shape index (κ3) is 5.18. The third-order valence-corrected chi connectivity index (χ3v) is 8.41. The Labute approximate surface area is 179 Å².